The van der Waals surface area contributed by atoms with Crippen molar-refractivity contribution in [1.82, 2.24) is 20.0 Å². The molecule has 2 amide bonds. The van der Waals surface area contributed by atoms with Crippen LogP contribution in [0.4, 0.5) is 5.13 Å². The minimum Gasteiger partial charge on any atom is -0.336 e. The number of anilines is 1. The van der Waals surface area contributed by atoms with Crippen molar-refractivity contribution in [2.75, 3.05) is 38.0 Å². The molecule has 1 N–H and O–H groups in total. The van der Waals surface area contributed by atoms with E-state index in [1.165, 1.54) is 11.3 Å². The first-order valence-electron chi connectivity index (χ1n) is 10.3. The van der Waals surface area contributed by atoms with E-state index in [1.807, 2.05) is 67.3 Å². The lowest BCUT2D eigenvalue weighted by molar-refractivity contribution is -0.117. The molecule has 1 aliphatic rings. The topological polar surface area (TPSA) is 78.4 Å². The highest BCUT2D eigenvalue weighted by atomic mass is 32.1. The Bertz CT molecular complexity index is 1090. The highest BCUT2D eigenvalue weighted by molar-refractivity contribution is 7.18. The van der Waals surface area contributed by atoms with E-state index in [9.17, 15) is 9.59 Å². The van der Waals surface area contributed by atoms with Gasteiger partial charge in [-0.1, -0.05) is 53.3 Å². The zero-order chi connectivity index (χ0) is 21.8. The molecule has 0 unspecified atom stereocenters. The maximum Gasteiger partial charge on any atom is 0.253 e. The average Bonchev–Trinajstić information content (AvgIpc) is 3.22. The number of nitrogens with one attached hydrogen (secondary N) is 1. The molecule has 0 spiro atoms. The Morgan fingerprint density at radius 2 is 1.77 bits per heavy atom. The normalized spacial score (nSPS) is 14.5. The Balaban J connectivity index is 1.28. The average molecular weight is 436 g/mol. The second-order valence-electron chi connectivity index (χ2n) is 7.71. The fourth-order valence-corrected chi connectivity index (χ4v) is 4.48. The molecule has 0 aliphatic carbocycles. The van der Waals surface area contributed by atoms with Crippen LogP contribution in [0.2, 0.25) is 0 Å². The van der Waals surface area contributed by atoms with Gasteiger partial charge in [0, 0.05) is 37.3 Å². The lowest BCUT2D eigenvalue weighted by Gasteiger charge is -2.34. The summed E-state index contributed by atoms with van der Waals surface area (Å²) in [5, 5.41) is 12.4. The van der Waals surface area contributed by atoms with Crippen LogP contribution >= 0.6 is 11.3 Å². The molecule has 1 fully saturated rings. The van der Waals surface area contributed by atoms with E-state index in [1.54, 1.807) is 0 Å². The third kappa shape index (κ3) is 5.15. The number of rotatable bonds is 5. The summed E-state index contributed by atoms with van der Waals surface area (Å²) in [6.07, 6.45) is 0. The van der Waals surface area contributed by atoms with Crippen molar-refractivity contribution in [1.29, 1.82) is 0 Å². The maximum absolute atomic E-state index is 12.7. The minimum absolute atomic E-state index is 0.0467. The van der Waals surface area contributed by atoms with Crippen LogP contribution in [0.5, 0.6) is 0 Å². The number of carbonyl (C=O) groups is 2. The van der Waals surface area contributed by atoms with Crippen LogP contribution in [0.3, 0.4) is 0 Å². The standard InChI is InChI=1S/C23H25N5O2S/c1-16-6-5-8-18(14-16)22(30)28-12-10-27(11-13-28)15-20(29)24-23-26-25-21(31-23)19-9-4-3-7-17(19)2/h3-9,14H,10-13,15H2,1-2H3,(H,24,26,29). The SMILES string of the molecule is Cc1cccc(C(=O)N2CCN(CC(=O)Nc3nnc(-c4ccccc4C)s3)CC2)c1. The minimum atomic E-state index is -0.119. The molecule has 1 saturated heterocycles. The van der Waals surface area contributed by atoms with Gasteiger partial charge in [-0.15, -0.1) is 10.2 Å². The van der Waals surface area contributed by atoms with Crippen molar-refractivity contribution in [2.24, 2.45) is 0 Å². The van der Waals surface area contributed by atoms with Crippen LogP contribution in [0, 0.1) is 13.8 Å². The summed E-state index contributed by atoms with van der Waals surface area (Å²) in [6, 6.07) is 15.6. The molecule has 1 aromatic heterocycles. The Kier molecular flexibility index (Phi) is 6.39. The first kappa shape index (κ1) is 21.1. The molecular formula is C23H25N5O2S. The number of benzene rings is 2. The number of aryl methyl sites for hydroxylation is 2. The van der Waals surface area contributed by atoms with Gasteiger partial charge >= 0.3 is 0 Å². The predicted molar refractivity (Wildman–Crippen MR) is 122 cm³/mol. The maximum atomic E-state index is 12.7. The zero-order valence-corrected chi connectivity index (χ0v) is 18.5. The van der Waals surface area contributed by atoms with Gasteiger partial charge in [-0.3, -0.25) is 19.8 Å². The third-order valence-corrected chi connectivity index (χ3v) is 6.21. The second-order valence-corrected chi connectivity index (χ2v) is 8.69. The summed E-state index contributed by atoms with van der Waals surface area (Å²) in [4.78, 5) is 29.1. The van der Waals surface area contributed by atoms with Gasteiger partial charge in [0.2, 0.25) is 11.0 Å². The van der Waals surface area contributed by atoms with Crippen molar-refractivity contribution in [3.63, 3.8) is 0 Å². The van der Waals surface area contributed by atoms with Gasteiger partial charge in [0.25, 0.3) is 5.91 Å². The van der Waals surface area contributed by atoms with Crippen molar-refractivity contribution in [3.8, 4) is 10.6 Å². The van der Waals surface area contributed by atoms with E-state index in [2.05, 4.69) is 20.4 Å². The van der Waals surface area contributed by atoms with Gasteiger partial charge in [0.1, 0.15) is 5.01 Å². The molecule has 2 aromatic carbocycles. The molecule has 0 atom stereocenters. The number of carbonyl (C=O) groups excluding carboxylic acids is 2. The molecule has 0 bridgehead atoms. The van der Waals surface area contributed by atoms with Gasteiger partial charge in [-0.05, 0) is 31.5 Å². The second kappa shape index (κ2) is 9.36. The molecule has 2 heterocycles. The number of piperazine rings is 1. The first-order chi connectivity index (χ1) is 15.0. The predicted octanol–water partition coefficient (Wildman–Crippen LogP) is 3.22. The molecule has 160 valence electrons. The number of amides is 2. The molecule has 7 nitrogen and oxygen atoms in total. The number of hydrogen-bond acceptors (Lipinski definition) is 6. The van der Waals surface area contributed by atoms with Crippen molar-refractivity contribution in [3.05, 3.63) is 65.2 Å². The molecule has 1 aliphatic heterocycles. The molecule has 0 saturated carbocycles. The Morgan fingerprint density at radius 3 is 2.52 bits per heavy atom. The van der Waals surface area contributed by atoms with E-state index < -0.39 is 0 Å². The summed E-state index contributed by atoms with van der Waals surface area (Å²) in [6.45, 7) is 6.82. The smallest absolute Gasteiger partial charge is 0.253 e. The Hall–Kier alpha value is -3.10. The summed E-state index contributed by atoms with van der Waals surface area (Å²) in [7, 11) is 0. The fraction of sp³-hybridized carbons (Fsp3) is 0.304. The Labute approximate surface area is 185 Å². The number of hydrogen-bond donors (Lipinski definition) is 1. The summed E-state index contributed by atoms with van der Waals surface area (Å²) in [5.74, 6) is -0.0728. The molecule has 8 heteroatoms. The van der Waals surface area contributed by atoms with Crippen LogP contribution in [0.1, 0.15) is 21.5 Å². The summed E-state index contributed by atoms with van der Waals surface area (Å²) >= 11 is 1.37. The molecule has 3 aromatic rings. The van der Waals surface area contributed by atoms with E-state index in [4.69, 9.17) is 0 Å². The van der Waals surface area contributed by atoms with Gasteiger partial charge in [0.15, 0.2) is 0 Å². The van der Waals surface area contributed by atoms with Gasteiger partial charge < -0.3 is 4.90 Å². The third-order valence-electron chi connectivity index (χ3n) is 5.34. The summed E-state index contributed by atoms with van der Waals surface area (Å²) < 4.78 is 0. The van der Waals surface area contributed by atoms with Gasteiger partial charge in [-0.25, -0.2) is 0 Å². The first-order valence-corrected chi connectivity index (χ1v) is 11.1. The monoisotopic (exact) mass is 435 g/mol. The lowest BCUT2D eigenvalue weighted by atomic mass is 10.1. The van der Waals surface area contributed by atoms with Gasteiger partial charge in [-0.2, -0.15) is 0 Å². The zero-order valence-electron chi connectivity index (χ0n) is 17.7. The van der Waals surface area contributed by atoms with E-state index in [0.29, 0.717) is 36.9 Å². The lowest BCUT2D eigenvalue weighted by Crippen LogP contribution is -2.50. The van der Waals surface area contributed by atoms with Crippen LogP contribution < -0.4 is 5.32 Å². The van der Waals surface area contributed by atoms with E-state index in [-0.39, 0.29) is 18.4 Å². The molecule has 31 heavy (non-hydrogen) atoms. The van der Waals surface area contributed by atoms with Crippen LogP contribution in [0.15, 0.2) is 48.5 Å². The highest BCUT2D eigenvalue weighted by Crippen LogP contribution is 2.28. The quantitative estimate of drug-likeness (QED) is 0.666. The van der Waals surface area contributed by atoms with Gasteiger partial charge in [0.05, 0.1) is 6.54 Å². The Morgan fingerprint density at radius 1 is 1.00 bits per heavy atom. The highest BCUT2D eigenvalue weighted by Gasteiger charge is 2.23. The van der Waals surface area contributed by atoms with Crippen molar-refractivity contribution >= 4 is 28.3 Å². The van der Waals surface area contributed by atoms with E-state index in [0.717, 1.165) is 21.7 Å². The summed E-state index contributed by atoms with van der Waals surface area (Å²) in [5.41, 5.74) is 3.93. The van der Waals surface area contributed by atoms with Crippen LogP contribution in [-0.2, 0) is 4.79 Å². The van der Waals surface area contributed by atoms with E-state index >= 15 is 0 Å². The van der Waals surface area contributed by atoms with Crippen LogP contribution in [-0.4, -0.2) is 64.5 Å². The molecular weight excluding hydrogens is 410 g/mol. The van der Waals surface area contributed by atoms with Crippen LogP contribution in [0.25, 0.3) is 10.6 Å². The van der Waals surface area contributed by atoms with Crippen molar-refractivity contribution in [2.45, 2.75) is 13.8 Å². The fourth-order valence-electron chi connectivity index (χ4n) is 3.63. The van der Waals surface area contributed by atoms with Crippen molar-refractivity contribution < 1.29 is 9.59 Å². The number of nitrogens with zero attached hydrogens (tertiary/aromatic N) is 4. The molecule has 0 radical (unpaired) electrons. The number of aromatic nitrogens is 2. The molecule has 4 rings (SSSR count). The largest absolute Gasteiger partial charge is 0.336 e.